The van der Waals surface area contributed by atoms with E-state index in [-0.39, 0.29) is 6.10 Å². The van der Waals surface area contributed by atoms with Crippen molar-refractivity contribution in [3.63, 3.8) is 0 Å². The van der Waals surface area contributed by atoms with Crippen molar-refractivity contribution in [3.05, 3.63) is 10.9 Å². The summed E-state index contributed by atoms with van der Waals surface area (Å²) in [4.78, 5) is 10.7. The molecule has 8 heteroatoms. The first-order valence-electron chi connectivity index (χ1n) is 6.84. The highest BCUT2D eigenvalue weighted by molar-refractivity contribution is 7.18. The predicted octanol–water partition coefficient (Wildman–Crippen LogP) is 1.24. The number of hydrogen-bond donors (Lipinski definition) is 4. The van der Waals surface area contributed by atoms with Gasteiger partial charge in [0, 0.05) is 24.4 Å². The molecule has 7 nitrogen and oxygen atoms in total. The van der Waals surface area contributed by atoms with E-state index >= 15 is 0 Å². The maximum atomic E-state index is 10.6. The fourth-order valence-corrected chi connectivity index (χ4v) is 3.36. The number of hydrazine groups is 1. The van der Waals surface area contributed by atoms with E-state index < -0.39 is 5.60 Å². The van der Waals surface area contributed by atoms with Crippen LogP contribution in [-0.4, -0.2) is 39.9 Å². The second kappa shape index (κ2) is 5.38. The van der Waals surface area contributed by atoms with E-state index in [1.54, 1.807) is 11.3 Å². The molecule has 0 radical (unpaired) electrons. The lowest BCUT2D eigenvalue weighted by molar-refractivity contribution is -0.0176. The lowest BCUT2D eigenvalue weighted by Crippen LogP contribution is -2.43. The second-order valence-electron chi connectivity index (χ2n) is 5.34. The summed E-state index contributed by atoms with van der Waals surface area (Å²) in [5.41, 5.74) is 1.60. The summed E-state index contributed by atoms with van der Waals surface area (Å²) in [6, 6.07) is 2.03. The van der Waals surface area contributed by atoms with Crippen LogP contribution in [0.4, 0.5) is 11.8 Å². The van der Waals surface area contributed by atoms with Gasteiger partial charge in [0.05, 0.1) is 11.5 Å². The summed E-state index contributed by atoms with van der Waals surface area (Å²) in [5, 5.41) is 14.7. The molecule has 1 aliphatic heterocycles. The van der Waals surface area contributed by atoms with Crippen LogP contribution in [0.15, 0.2) is 6.07 Å². The van der Waals surface area contributed by atoms with E-state index in [0.717, 1.165) is 15.1 Å². The minimum Gasteiger partial charge on any atom is -0.385 e. The Morgan fingerprint density at radius 3 is 3.05 bits per heavy atom. The highest BCUT2D eigenvalue weighted by Crippen LogP contribution is 2.31. The Bertz CT molecular complexity index is 661. The zero-order valence-electron chi connectivity index (χ0n) is 12.0. The van der Waals surface area contributed by atoms with Crippen LogP contribution >= 0.6 is 11.3 Å². The quantitative estimate of drug-likeness (QED) is 0.497. The smallest absolute Gasteiger partial charge is 0.240 e. The van der Waals surface area contributed by atoms with Crippen LogP contribution in [0.5, 0.6) is 0 Å². The van der Waals surface area contributed by atoms with Gasteiger partial charge >= 0.3 is 0 Å². The third kappa shape index (κ3) is 2.67. The number of nitrogens with one attached hydrogen (secondary N) is 2. The third-order valence-corrected chi connectivity index (χ3v) is 4.81. The number of aromatic nitrogens is 2. The summed E-state index contributed by atoms with van der Waals surface area (Å²) in [6.07, 6.45) is 0.415. The number of thiophene rings is 1. The number of fused-ring (bicyclic) bond motifs is 1. The average Bonchev–Trinajstić information content (AvgIpc) is 2.99. The van der Waals surface area contributed by atoms with Gasteiger partial charge in [0.25, 0.3) is 0 Å². The highest BCUT2D eigenvalue weighted by atomic mass is 32.1. The van der Waals surface area contributed by atoms with Crippen LogP contribution in [0.1, 0.15) is 18.2 Å². The Hall–Kier alpha value is -1.48. The summed E-state index contributed by atoms with van der Waals surface area (Å²) in [5.74, 6) is 6.44. The molecular weight excluding hydrogens is 290 g/mol. The summed E-state index contributed by atoms with van der Waals surface area (Å²) in [6.45, 7) is 4.85. The van der Waals surface area contributed by atoms with Gasteiger partial charge in [-0.1, -0.05) is 0 Å². The van der Waals surface area contributed by atoms with Gasteiger partial charge in [-0.25, -0.2) is 10.8 Å². The van der Waals surface area contributed by atoms with Crippen molar-refractivity contribution < 1.29 is 9.84 Å². The van der Waals surface area contributed by atoms with Crippen LogP contribution in [0.3, 0.4) is 0 Å². The molecule has 0 bridgehead atoms. The molecular formula is C13H19N5O2S. The van der Waals surface area contributed by atoms with Crippen molar-refractivity contribution in [3.8, 4) is 0 Å². The van der Waals surface area contributed by atoms with Gasteiger partial charge < -0.3 is 15.2 Å². The van der Waals surface area contributed by atoms with Gasteiger partial charge in [0.2, 0.25) is 5.95 Å². The SMILES string of the molecule is Cc1cc2c(NCC3(O)CCOC3C)nc(NN)nc2s1. The Balaban J connectivity index is 1.89. The molecule has 2 aromatic heterocycles. The third-order valence-electron chi connectivity index (χ3n) is 3.87. The zero-order valence-corrected chi connectivity index (χ0v) is 12.8. The minimum atomic E-state index is -0.876. The number of aliphatic hydroxyl groups is 1. The first-order chi connectivity index (χ1) is 10.0. The van der Waals surface area contributed by atoms with E-state index in [4.69, 9.17) is 10.6 Å². The summed E-state index contributed by atoms with van der Waals surface area (Å²) in [7, 11) is 0. The molecule has 5 N–H and O–H groups in total. The van der Waals surface area contributed by atoms with E-state index in [2.05, 4.69) is 20.7 Å². The van der Waals surface area contributed by atoms with Crippen LogP contribution < -0.4 is 16.6 Å². The van der Waals surface area contributed by atoms with Gasteiger partial charge in [-0.05, 0) is 19.9 Å². The zero-order chi connectivity index (χ0) is 15.0. The molecule has 2 aromatic rings. The van der Waals surface area contributed by atoms with E-state index in [0.29, 0.717) is 31.3 Å². The topological polar surface area (TPSA) is 105 Å². The van der Waals surface area contributed by atoms with Gasteiger partial charge in [0.1, 0.15) is 16.2 Å². The van der Waals surface area contributed by atoms with Gasteiger partial charge in [-0.3, -0.25) is 5.43 Å². The number of hydrogen-bond acceptors (Lipinski definition) is 8. The standard InChI is InChI=1S/C13H19N5O2S/c1-7-5-9-10(16-12(18-14)17-11(9)21-7)15-6-13(19)3-4-20-8(13)2/h5,8,19H,3-4,6,14H2,1-2H3,(H2,15,16,17,18). The molecule has 0 aliphatic carbocycles. The molecule has 3 heterocycles. The van der Waals surface area contributed by atoms with Crippen LogP contribution in [0.2, 0.25) is 0 Å². The fourth-order valence-electron chi connectivity index (χ4n) is 2.48. The van der Waals surface area contributed by atoms with Crippen LogP contribution in [0.25, 0.3) is 10.2 Å². The number of aryl methyl sites for hydroxylation is 1. The lowest BCUT2D eigenvalue weighted by atomic mass is 9.97. The maximum absolute atomic E-state index is 10.6. The first-order valence-corrected chi connectivity index (χ1v) is 7.66. The number of nitrogens with two attached hydrogens (primary N) is 1. The minimum absolute atomic E-state index is 0.196. The highest BCUT2D eigenvalue weighted by Gasteiger charge is 2.39. The van der Waals surface area contributed by atoms with Crippen molar-refractivity contribution in [2.75, 3.05) is 23.9 Å². The Morgan fingerprint density at radius 2 is 2.38 bits per heavy atom. The van der Waals surface area contributed by atoms with Gasteiger partial charge in [-0.15, -0.1) is 11.3 Å². The lowest BCUT2D eigenvalue weighted by Gasteiger charge is -2.26. The van der Waals surface area contributed by atoms with Gasteiger partial charge in [0.15, 0.2) is 0 Å². The number of ether oxygens (including phenoxy) is 1. The average molecular weight is 309 g/mol. The van der Waals surface area contributed by atoms with Crippen molar-refractivity contribution in [1.29, 1.82) is 0 Å². The molecule has 1 fully saturated rings. The molecule has 1 aliphatic rings. The van der Waals surface area contributed by atoms with E-state index in [9.17, 15) is 5.11 Å². The largest absolute Gasteiger partial charge is 0.385 e. The van der Waals surface area contributed by atoms with E-state index in [1.165, 1.54) is 0 Å². The number of rotatable bonds is 4. The molecule has 3 rings (SSSR count). The predicted molar refractivity (Wildman–Crippen MR) is 83.4 cm³/mol. The van der Waals surface area contributed by atoms with Crippen molar-refractivity contribution >= 4 is 33.3 Å². The Morgan fingerprint density at radius 1 is 1.57 bits per heavy atom. The monoisotopic (exact) mass is 309 g/mol. The Labute approximate surface area is 126 Å². The fraction of sp³-hybridized carbons (Fsp3) is 0.538. The maximum Gasteiger partial charge on any atom is 0.240 e. The molecule has 114 valence electrons. The van der Waals surface area contributed by atoms with Crippen molar-refractivity contribution in [1.82, 2.24) is 9.97 Å². The summed E-state index contributed by atoms with van der Waals surface area (Å²) >= 11 is 1.58. The first kappa shape index (κ1) is 14.5. The summed E-state index contributed by atoms with van der Waals surface area (Å²) < 4.78 is 5.44. The molecule has 21 heavy (non-hydrogen) atoms. The normalized spacial score (nSPS) is 25.4. The Kier molecular flexibility index (Phi) is 3.70. The van der Waals surface area contributed by atoms with Crippen LogP contribution in [-0.2, 0) is 4.74 Å². The molecule has 1 saturated heterocycles. The number of anilines is 2. The molecule has 0 aromatic carbocycles. The van der Waals surface area contributed by atoms with E-state index in [1.807, 2.05) is 19.9 Å². The van der Waals surface area contributed by atoms with Gasteiger partial charge in [-0.2, -0.15) is 4.98 Å². The second-order valence-corrected chi connectivity index (χ2v) is 6.57. The molecule has 0 saturated carbocycles. The van der Waals surface area contributed by atoms with Crippen LogP contribution in [0, 0.1) is 6.92 Å². The molecule has 0 spiro atoms. The number of nitrogen functional groups attached to an aromatic ring is 1. The van der Waals surface area contributed by atoms with Crippen molar-refractivity contribution in [2.24, 2.45) is 5.84 Å². The number of nitrogens with zero attached hydrogens (tertiary/aromatic N) is 2. The molecule has 2 atom stereocenters. The molecule has 0 amide bonds. The molecule has 2 unspecified atom stereocenters. The van der Waals surface area contributed by atoms with Crippen molar-refractivity contribution in [2.45, 2.75) is 32.0 Å².